The molecule has 0 aliphatic carbocycles. The van der Waals surface area contributed by atoms with E-state index >= 15 is 0 Å². The van der Waals surface area contributed by atoms with Gasteiger partial charge >= 0.3 is 6.09 Å². The van der Waals surface area contributed by atoms with Crippen LogP contribution in [0.15, 0.2) is 52.7 Å². The number of nitrogen functional groups attached to an aromatic ring is 1. The van der Waals surface area contributed by atoms with Gasteiger partial charge in [-0.25, -0.2) is 9.78 Å². The molecule has 1 aromatic heterocycles. The monoisotopic (exact) mass is 369 g/mol. The van der Waals surface area contributed by atoms with Crippen LogP contribution in [0.2, 0.25) is 0 Å². The van der Waals surface area contributed by atoms with E-state index < -0.39 is 11.7 Å². The lowest BCUT2D eigenvalue weighted by Crippen LogP contribution is -2.35. The molecule has 8 nitrogen and oxygen atoms in total. The fraction of sp³-hybridized carbons (Fsp3) is 0.316. The quantitative estimate of drug-likeness (QED) is 0.752. The van der Waals surface area contributed by atoms with E-state index in [-0.39, 0.29) is 24.6 Å². The van der Waals surface area contributed by atoms with Crippen molar-refractivity contribution in [3.63, 3.8) is 0 Å². The first-order valence-corrected chi connectivity index (χ1v) is 8.44. The summed E-state index contributed by atoms with van der Waals surface area (Å²) in [4.78, 5) is 27.7. The van der Waals surface area contributed by atoms with E-state index in [9.17, 15) is 9.59 Å². The minimum absolute atomic E-state index is 0.0378. The fourth-order valence-corrected chi connectivity index (χ4v) is 2.05. The number of ether oxygens (including phenoxy) is 1. The predicted molar refractivity (Wildman–Crippen MR) is 102 cm³/mol. The number of amides is 1. The summed E-state index contributed by atoms with van der Waals surface area (Å²) in [5.74, 6) is -0.0356. The van der Waals surface area contributed by atoms with Crippen molar-refractivity contribution in [3.05, 3.63) is 48.2 Å². The van der Waals surface area contributed by atoms with E-state index in [2.05, 4.69) is 20.5 Å². The molecular formula is C19H23N5O3. The Morgan fingerprint density at radius 3 is 2.44 bits per heavy atom. The van der Waals surface area contributed by atoms with Crippen molar-refractivity contribution in [2.24, 2.45) is 10.2 Å². The maximum Gasteiger partial charge on any atom is 0.408 e. The summed E-state index contributed by atoms with van der Waals surface area (Å²) in [6, 6.07) is 12.5. The summed E-state index contributed by atoms with van der Waals surface area (Å²) in [5, 5.41) is 10.6. The largest absolute Gasteiger partial charge is 0.444 e. The average molecular weight is 369 g/mol. The second-order valence-corrected chi connectivity index (χ2v) is 6.81. The third kappa shape index (κ3) is 7.23. The Labute approximate surface area is 157 Å². The number of carbonyl (C=O) groups is 2. The summed E-state index contributed by atoms with van der Waals surface area (Å²) in [7, 11) is 0. The highest BCUT2D eigenvalue weighted by Crippen LogP contribution is 2.23. The fourth-order valence-electron chi connectivity index (χ4n) is 2.05. The van der Waals surface area contributed by atoms with Gasteiger partial charge in [-0.15, -0.1) is 5.11 Å². The Morgan fingerprint density at radius 1 is 1.11 bits per heavy atom. The highest BCUT2D eigenvalue weighted by atomic mass is 16.6. The Bertz CT molecular complexity index is 829. The molecule has 2 aromatic rings. The molecule has 1 amide bonds. The number of nitrogens with one attached hydrogen (secondary N) is 1. The smallest absolute Gasteiger partial charge is 0.408 e. The molecule has 0 bridgehead atoms. The van der Waals surface area contributed by atoms with E-state index in [0.717, 1.165) is 0 Å². The summed E-state index contributed by atoms with van der Waals surface area (Å²) in [6.07, 6.45) is -0.601. The number of aromatic nitrogens is 1. The Morgan fingerprint density at radius 2 is 1.81 bits per heavy atom. The maximum atomic E-state index is 12.0. The van der Waals surface area contributed by atoms with Crippen LogP contribution in [-0.2, 0) is 16.0 Å². The summed E-state index contributed by atoms with van der Waals surface area (Å²) in [5.41, 5.74) is 6.87. The molecule has 3 N–H and O–H groups in total. The molecule has 0 saturated heterocycles. The summed E-state index contributed by atoms with van der Waals surface area (Å²) >= 11 is 0. The Kier molecular flexibility index (Phi) is 6.59. The number of benzene rings is 1. The lowest BCUT2D eigenvalue weighted by molar-refractivity contribution is -0.117. The zero-order valence-corrected chi connectivity index (χ0v) is 15.6. The van der Waals surface area contributed by atoms with Crippen molar-refractivity contribution >= 4 is 29.1 Å². The number of azo groups is 1. The van der Waals surface area contributed by atoms with Crippen LogP contribution >= 0.6 is 0 Å². The van der Waals surface area contributed by atoms with Gasteiger partial charge in [0, 0.05) is 0 Å². The third-order valence-electron chi connectivity index (χ3n) is 3.20. The first-order valence-electron chi connectivity index (χ1n) is 8.44. The van der Waals surface area contributed by atoms with Gasteiger partial charge in [-0.1, -0.05) is 18.2 Å². The molecule has 0 aliphatic heterocycles. The molecule has 1 heterocycles. The number of pyridine rings is 1. The van der Waals surface area contributed by atoms with Gasteiger partial charge in [-0.3, -0.25) is 4.79 Å². The topological polar surface area (TPSA) is 119 Å². The number of anilines is 1. The second-order valence-electron chi connectivity index (χ2n) is 6.81. The van der Waals surface area contributed by atoms with Crippen LogP contribution in [0, 0.1) is 0 Å². The number of carbonyl (C=O) groups excluding carboxylic acids is 2. The van der Waals surface area contributed by atoms with E-state index in [0.29, 0.717) is 17.1 Å². The number of rotatable bonds is 6. The molecule has 0 fully saturated rings. The van der Waals surface area contributed by atoms with Gasteiger partial charge in [-0.2, -0.15) is 5.11 Å². The van der Waals surface area contributed by atoms with E-state index in [1.54, 1.807) is 32.9 Å². The molecule has 0 aliphatic rings. The van der Waals surface area contributed by atoms with Crippen molar-refractivity contribution < 1.29 is 14.3 Å². The SMILES string of the molecule is CC(C)(C)OC(=O)NCC(=O)Cc1ccc(N=Nc2ccccc2)c(N)n1. The molecule has 0 spiro atoms. The lowest BCUT2D eigenvalue weighted by atomic mass is 10.2. The second kappa shape index (κ2) is 8.88. The molecule has 0 radical (unpaired) electrons. The number of alkyl carbamates (subject to hydrolysis) is 1. The molecule has 27 heavy (non-hydrogen) atoms. The molecule has 0 atom stereocenters. The van der Waals surface area contributed by atoms with Crippen LogP contribution in [-0.4, -0.2) is 29.0 Å². The number of hydrogen-bond donors (Lipinski definition) is 2. The van der Waals surface area contributed by atoms with Crippen LogP contribution < -0.4 is 11.1 Å². The minimum Gasteiger partial charge on any atom is -0.444 e. The van der Waals surface area contributed by atoms with Crippen molar-refractivity contribution in [3.8, 4) is 0 Å². The van der Waals surface area contributed by atoms with Gasteiger partial charge in [0.2, 0.25) is 0 Å². The Hall–Kier alpha value is -3.29. The minimum atomic E-state index is -0.639. The average Bonchev–Trinajstić information content (AvgIpc) is 2.59. The number of Topliss-reactive ketones (excluding diaryl/α,β-unsaturated/α-hetero) is 1. The lowest BCUT2D eigenvalue weighted by Gasteiger charge is -2.19. The normalized spacial score (nSPS) is 11.4. The third-order valence-corrected chi connectivity index (χ3v) is 3.20. The van der Waals surface area contributed by atoms with Crippen molar-refractivity contribution in [1.29, 1.82) is 0 Å². The van der Waals surface area contributed by atoms with E-state index in [1.807, 2.05) is 30.3 Å². The highest BCUT2D eigenvalue weighted by molar-refractivity contribution is 5.85. The number of hydrogen-bond acceptors (Lipinski definition) is 7. The summed E-state index contributed by atoms with van der Waals surface area (Å²) in [6.45, 7) is 5.10. The number of ketones is 1. The highest BCUT2D eigenvalue weighted by Gasteiger charge is 2.17. The van der Waals surface area contributed by atoms with Crippen molar-refractivity contribution in [2.45, 2.75) is 32.8 Å². The molecule has 0 saturated carbocycles. The Balaban J connectivity index is 1.90. The van der Waals surface area contributed by atoms with Gasteiger partial charge in [0.15, 0.2) is 11.6 Å². The summed E-state index contributed by atoms with van der Waals surface area (Å²) < 4.78 is 5.08. The van der Waals surface area contributed by atoms with Crippen LogP contribution in [0.4, 0.5) is 22.0 Å². The predicted octanol–water partition coefficient (Wildman–Crippen LogP) is 3.72. The van der Waals surface area contributed by atoms with E-state index in [1.165, 1.54) is 0 Å². The maximum absolute atomic E-state index is 12.0. The standard InChI is InChI=1S/C19H23N5O3/c1-19(2,3)27-18(26)21-12-15(25)11-14-9-10-16(17(20)22-14)24-23-13-7-5-4-6-8-13/h4-10H,11-12H2,1-3H3,(H2,20,22)(H,21,26). The van der Waals surface area contributed by atoms with Gasteiger partial charge in [-0.05, 0) is 45.0 Å². The molecule has 2 rings (SSSR count). The van der Waals surface area contributed by atoms with Crippen LogP contribution in [0.25, 0.3) is 0 Å². The van der Waals surface area contributed by atoms with Gasteiger partial charge in [0.1, 0.15) is 11.3 Å². The number of nitrogens with two attached hydrogens (primary N) is 1. The van der Waals surface area contributed by atoms with Gasteiger partial charge < -0.3 is 15.8 Å². The van der Waals surface area contributed by atoms with Crippen molar-refractivity contribution in [2.75, 3.05) is 12.3 Å². The van der Waals surface area contributed by atoms with E-state index in [4.69, 9.17) is 10.5 Å². The number of nitrogens with zero attached hydrogens (tertiary/aromatic N) is 3. The van der Waals surface area contributed by atoms with Crippen LogP contribution in [0.1, 0.15) is 26.5 Å². The van der Waals surface area contributed by atoms with Gasteiger partial charge in [0.05, 0.1) is 24.3 Å². The van der Waals surface area contributed by atoms with Crippen molar-refractivity contribution in [1.82, 2.24) is 10.3 Å². The van der Waals surface area contributed by atoms with Gasteiger partial charge in [0.25, 0.3) is 0 Å². The van der Waals surface area contributed by atoms with Crippen LogP contribution in [0.5, 0.6) is 0 Å². The zero-order chi connectivity index (χ0) is 19.9. The zero-order valence-electron chi connectivity index (χ0n) is 15.6. The molecule has 1 aromatic carbocycles. The van der Waals surface area contributed by atoms with Crippen LogP contribution in [0.3, 0.4) is 0 Å². The first kappa shape index (κ1) is 20.0. The first-order chi connectivity index (χ1) is 12.7. The molecular weight excluding hydrogens is 346 g/mol. The molecule has 0 unspecified atom stereocenters. The molecule has 8 heteroatoms. The molecule has 142 valence electrons.